The van der Waals surface area contributed by atoms with E-state index in [1.54, 1.807) is 11.8 Å². The summed E-state index contributed by atoms with van der Waals surface area (Å²) in [6.07, 6.45) is 5.67. The number of benzene rings is 1. The normalized spacial score (nSPS) is 23.6. The van der Waals surface area contributed by atoms with Gasteiger partial charge < -0.3 is 10.4 Å². The van der Waals surface area contributed by atoms with Gasteiger partial charge in [-0.2, -0.15) is 0 Å². The molecule has 2 N–H and O–H groups in total. The third-order valence-corrected chi connectivity index (χ3v) is 4.29. The van der Waals surface area contributed by atoms with Crippen LogP contribution >= 0.6 is 11.8 Å². The van der Waals surface area contributed by atoms with E-state index in [2.05, 4.69) is 23.7 Å². The summed E-state index contributed by atoms with van der Waals surface area (Å²) in [5.41, 5.74) is 1.13. The molecule has 1 saturated carbocycles. The van der Waals surface area contributed by atoms with Gasteiger partial charge in [0, 0.05) is 16.6 Å². The zero-order chi connectivity index (χ0) is 13.0. The fourth-order valence-corrected chi connectivity index (χ4v) is 3.09. The molecule has 0 amide bonds. The number of carbonyl (C=O) groups is 1. The lowest BCUT2D eigenvalue weighted by molar-refractivity contribution is -0.142. The van der Waals surface area contributed by atoms with Gasteiger partial charge in [0.25, 0.3) is 0 Å². The molecular formula is C14H19NO2S. The number of hydrogen-bond acceptors (Lipinski definition) is 3. The Morgan fingerprint density at radius 2 is 2.17 bits per heavy atom. The van der Waals surface area contributed by atoms with Crippen LogP contribution in [0.15, 0.2) is 29.2 Å². The van der Waals surface area contributed by atoms with Gasteiger partial charge in [-0.15, -0.1) is 11.8 Å². The van der Waals surface area contributed by atoms with E-state index in [9.17, 15) is 4.79 Å². The minimum Gasteiger partial charge on any atom is -0.481 e. The number of aliphatic carboxylic acids is 1. The summed E-state index contributed by atoms with van der Waals surface area (Å²) in [7, 11) is 0. The molecule has 1 fully saturated rings. The van der Waals surface area contributed by atoms with Crippen molar-refractivity contribution in [3.8, 4) is 0 Å². The summed E-state index contributed by atoms with van der Waals surface area (Å²) in [6.45, 7) is 0. The van der Waals surface area contributed by atoms with Crippen molar-refractivity contribution in [3.05, 3.63) is 24.3 Å². The second-order valence-electron chi connectivity index (χ2n) is 4.74. The van der Waals surface area contributed by atoms with Gasteiger partial charge in [0.05, 0.1) is 5.92 Å². The average Bonchev–Trinajstić information content (AvgIpc) is 2.39. The second kappa shape index (κ2) is 6.14. The zero-order valence-electron chi connectivity index (χ0n) is 10.6. The largest absolute Gasteiger partial charge is 0.481 e. The molecule has 2 rings (SSSR count). The van der Waals surface area contributed by atoms with Crippen LogP contribution in [-0.4, -0.2) is 23.4 Å². The summed E-state index contributed by atoms with van der Waals surface area (Å²) in [6, 6.07) is 8.48. The number of carboxylic acids is 1. The van der Waals surface area contributed by atoms with Crippen molar-refractivity contribution in [2.45, 2.75) is 36.6 Å². The van der Waals surface area contributed by atoms with Gasteiger partial charge in [-0.3, -0.25) is 4.79 Å². The molecule has 4 heteroatoms. The van der Waals surface area contributed by atoms with Gasteiger partial charge >= 0.3 is 5.97 Å². The predicted molar refractivity (Wildman–Crippen MR) is 75.2 cm³/mol. The minimum absolute atomic E-state index is 0.183. The fraction of sp³-hybridized carbons (Fsp3) is 0.500. The number of anilines is 1. The van der Waals surface area contributed by atoms with Gasteiger partial charge in [0.15, 0.2) is 0 Å². The Bertz CT molecular complexity index is 422. The first-order chi connectivity index (χ1) is 8.70. The Kier molecular flexibility index (Phi) is 4.53. The predicted octanol–water partition coefficient (Wildman–Crippen LogP) is 3.46. The van der Waals surface area contributed by atoms with E-state index in [-0.39, 0.29) is 12.0 Å². The molecule has 0 aromatic heterocycles. The van der Waals surface area contributed by atoms with Crippen molar-refractivity contribution in [3.63, 3.8) is 0 Å². The maximum absolute atomic E-state index is 11.0. The standard InChI is InChI=1S/C14H19NO2S/c1-18-13-8-3-2-7-12(13)15-11-6-4-5-10(9-11)14(16)17/h2-3,7-8,10-11,15H,4-6,9H2,1H3,(H,16,17). The van der Waals surface area contributed by atoms with Gasteiger partial charge in [-0.1, -0.05) is 18.6 Å². The molecule has 0 saturated heterocycles. The topological polar surface area (TPSA) is 49.3 Å². The van der Waals surface area contributed by atoms with Gasteiger partial charge in [-0.05, 0) is 37.7 Å². The molecule has 1 aromatic carbocycles. The fourth-order valence-electron chi connectivity index (χ4n) is 2.53. The molecule has 2 unspecified atom stereocenters. The van der Waals surface area contributed by atoms with E-state index in [0.29, 0.717) is 0 Å². The second-order valence-corrected chi connectivity index (χ2v) is 5.59. The summed E-state index contributed by atoms with van der Waals surface area (Å²) in [5, 5.41) is 12.6. The van der Waals surface area contributed by atoms with E-state index >= 15 is 0 Å². The number of nitrogens with one attached hydrogen (secondary N) is 1. The van der Waals surface area contributed by atoms with Gasteiger partial charge in [0.1, 0.15) is 0 Å². The molecule has 1 aliphatic carbocycles. The zero-order valence-corrected chi connectivity index (χ0v) is 11.4. The number of rotatable bonds is 4. The summed E-state index contributed by atoms with van der Waals surface area (Å²) < 4.78 is 0. The first kappa shape index (κ1) is 13.3. The Morgan fingerprint density at radius 3 is 2.89 bits per heavy atom. The van der Waals surface area contributed by atoms with E-state index < -0.39 is 5.97 Å². The summed E-state index contributed by atoms with van der Waals surface area (Å²) in [5.74, 6) is -0.836. The first-order valence-corrected chi connectivity index (χ1v) is 7.55. The highest BCUT2D eigenvalue weighted by atomic mass is 32.2. The highest BCUT2D eigenvalue weighted by Crippen LogP contribution is 2.30. The molecular weight excluding hydrogens is 246 g/mol. The Hall–Kier alpha value is -1.16. The molecule has 0 radical (unpaired) electrons. The summed E-state index contributed by atoms with van der Waals surface area (Å²) in [4.78, 5) is 12.3. The van der Waals surface area contributed by atoms with Gasteiger partial charge in [0.2, 0.25) is 0 Å². The van der Waals surface area contributed by atoms with Crippen molar-refractivity contribution >= 4 is 23.4 Å². The maximum atomic E-state index is 11.0. The van der Waals surface area contributed by atoms with Crippen molar-refractivity contribution in [1.29, 1.82) is 0 Å². The molecule has 18 heavy (non-hydrogen) atoms. The lowest BCUT2D eigenvalue weighted by Crippen LogP contribution is -2.31. The maximum Gasteiger partial charge on any atom is 0.306 e. The van der Waals surface area contributed by atoms with Crippen molar-refractivity contribution in [2.24, 2.45) is 5.92 Å². The third-order valence-electron chi connectivity index (χ3n) is 3.49. The van der Waals surface area contributed by atoms with Crippen LogP contribution in [0.3, 0.4) is 0 Å². The van der Waals surface area contributed by atoms with Crippen molar-refractivity contribution < 1.29 is 9.90 Å². The van der Waals surface area contributed by atoms with Crippen LogP contribution in [-0.2, 0) is 4.79 Å². The first-order valence-electron chi connectivity index (χ1n) is 6.33. The molecule has 98 valence electrons. The molecule has 0 bridgehead atoms. The van der Waals surface area contributed by atoms with E-state index in [0.717, 1.165) is 31.4 Å². The van der Waals surface area contributed by atoms with Crippen LogP contribution in [0.1, 0.15) is 25.7 Å². The molecule has 2 atom stereocenters. The van der Waals surface area contributed by atoms with E-state index in [4.69, 9.17) is 5.11 Å². The number of carboxylic acid groups (broad SMARTS) is 1. The molecule has 0 heterocycles. The van der Waals surface area contributed by atoms with E-state index in [1.165, 1.54) is 4.90 Å². The van der Waals surface area contributed by atoms with Crippen LogP contribution in [0.4, 0.5) is 5.69 Å². The third kappa shape index (κ3) is 3.19. The Labute approximate surface area is 112 Å². The number of para-hydroxylation sites is 1. The minimum atomic E-state index is -0.653. The van der Waals surface area contributed by atoms with Gasteiger partial charge in [-0.25, -0.2) is 0 Å². The van der Waals surface area contributed by atoms with Crippen LogP contribution in [0, 0.1) is 5.92 Å². The van der Waals surface area contributed by atoms with Crippen LogP contribution < -0.4 is 5.32 Å². The number of thioether (sulfide) groups is 1. The van der Waals surface area contributed by atoms with Crippen molar-refractivity contribution in [2.75, 3.05) is 11.6 Å². The molecule has 1 aliphatic rings. The molecule has 1 aromatic rings. The Morgan fingerprint density at radius 1 is 1.39 bits per heavy atom. The van der Waals surface area contributed by atoms with Crippen LogP contribution in [0.5, 0.6) is 0 Å². The average molecular weight is 265 g/mol. The summed E-state index contributed by atoms with van der Waals surface area (Å²) >= 11 is 1.71. The number of hydrogen-bond donors (Lipinski definition) is 2. The van der Waals surface area contributed by atoms with E-state index in [1.807, 2.05) is 12.1 Å². The quantitative estimate of drug-likeness (QED) is 0.818. The SMILES string of the molecule is CSc1ccccc1NC1CCCC(C(=O)O)C1. The van der Waals surface area contributed by atoms with Crippen LogP contribution in [0.25, 0.3) is 0 Å². The Balaban J connectivity index is 2.02. The highest BCUT2D eigenvalue weighted by molar-refractivity contribution is 7.98. The molecule has 3 nitrogen and oxygen atoms in total. The van der Waals surface area contributed by atoms with Crippen molar-refractivity contribution in [1.82, 2.24) is 0 Å². The monoisotopic (exact) mass is 265 g/mol. The lowest BCUT2D eigenvalue weighted by atomic mass is 9.85. The molecule has 0 spiro atoms. The molecule has 0 aliphatic heterocycles. The smallest absolute Gasteiger partial charge is 0.306 e. The van der Waals surface area contributed by atoms with Crippen LogP contribution in [0.2, 0.25) is 0 Å². The highest BCUT2D eigenvalue weighted by Gasteiger charge is 2.27. The lowest BCUT2D eigenvalue weighted by Gasteiger charge is -2.28.